The summed E-state index contributed by atoms with van der Waals surface area (Å²) in [6, 6.07) is 16.8. The smallest absolute Gasteiger partial charge is 0.148 e. The molecule has 0 aliphatic carbocycles. The lowest BCUT2D eigenvalue weighted by Crippen LogP contribution is -2.20. The maximum atomic E-state index is 15.4. The Morgan fingerprint density at radius 3 is 2.20 bits per heavy atom. The number of rotatable bonds is 14. The topological polar surface area (TPSA) is 35.5 Å². The van der Waals surface area contributed by atoms with E-state index in [9.17, 15) is 0 Å². The highest BCUT2D eigenvalue weighted by molar-refractivity contribution is 7.80. The van der Waals surface area contributed by atoms with Crippen molar-refractivity contribution < 1.29 is 14.0 Å². The molecule has 1 aliphatic heterocycles. The molecule has 0 N–H and O–H groups in total. The standard InChI is InChI=1S/C40H45O3P/c1-7-10-13-16-19-32(6)44(41)39-26-30(4)20-22-34(39)35-23-21-33(28-40(35)44)36-29-37(42-24-17-14-11-8-2)31(5)27-38(36)43-25-18-15-12-9-3/h3,20-23,26-29,32H,7-8,10-11,13-14,16-17,19,24H2,1-2,4-6H3. The molecule has 0 saturated heterocycles. The fourth-order valence-corrected chi connectivity index (χ4v) is 9.60. The van der Waals surface area contributed by atoms with Gasteiger partial charge in [0.15, 0.2) is 0 Å². The molecule has 1 heterocycles. The molecular weight excluding hydrogens is 559 g/mol. The summed E-state index contributed by atoms with van der Waals surface area (Å²) in [5.41, 5.74) is 6.08. The SMILES string of the molecule is C#CC#CC#COc1cc(C)c(OCCCCCC)cc1-c1ccc2c(c1)P(=O)(C(C)CCCCCC)c1cc(C)ccc1-2. The van der Waals surface area contributed by atoms with Crippen molar-refractivity contribution in [3.05, 3.63) is 59.7 Å². The van der Waals surface area contributed by atoms with E-state index in [1.54, 1.807) is 0 Å². The van der Waals surface area contributed by atoms with Crippen LogP contribution in [0.15, 0.2) is 48.5 Å². The van der Waals surface area contributed by atoms with Gasteiger partial charge in [0.05, 0.1) is 6.61 Å². The molecule has 4 heteroatoms. The molecule has 0 fully saturated rings. The first-order chi connectivity index (χ1) is 21.3. The van der Waals surface area contributed by atoms with Crippen LogP contribution in [0.2, 0.25) is 0 Å². The van der Waals surface area contributed by atoms with E-state index in [0.29, 0.717) is 12.4 Å². The summed E-state index contributed by atoms with van der Waals surface area (Å²) in [6.07, 6.45) is 18.1. The normalized spacial score (nSPS) is 15.1. The number of aryl methyl sites for hydroxylation is 2. The van der Waals surface area contributed by atoms with Crippen molar-refractivity contribution in [2.45, 2.75) is 98.1 Å². The lowest BCUT2D eigenvalue weighted by molar-refractivity contribution is 0.303. The first-order valence-electron chi connectivity index (χ1n) is 16.1. The van der Waals surface area contributed by atoms with E-state index in [4.69, 9.17) is 15.9 Å². The fourth-order valence-electron chi connectivity index (χ4n) is 6.01. The van der Waals surface area contributed by atoms with Gasteiger partial charge in [-0.2, -0.15) is 0 Å². The molecule has 0 aromatic heterocycles. The number of unbranched alkanes of at least 4 members (excludes halogenated alkanes) is 6. The molecule has 1 aliphatic rings. The first kappa shape index (κ1) is 33.1. The molecule has 4 rings (SSSR count). The van der Waals surface area contributed by atoms with Gasteiger partial charge in [-0.3, -0.25) is 0 Å². The first-order valence-corrected chi connectivity index (χ1v) is 17.9. The third-order valence-corrected chi connectivity index (χ3v) is 12.2. The van der Waals surface area contributed by atoms with Crippen LogP contribution < -0.4 is 20.1 Å². The molecule has 44 heavy (non-hydrogen) atoms. The Labute approximate surface area is 265 Å². The summed E-state index contributed by atoms with van der Waals surface area (Å²) in [5, 5.41) is 1.94. The molecular formula is C40H45O3P. The van der Waals surface area contributed by atoms with Gasteiger partial charge in [-0.15, -0.1) is 6.42 Å². The Hall–Kier alpha value is -3.83. The minimum atomic E-state index is -2.90. The molecule has 2 unspecified atom stereocenters. The quantitative estimate of drug-likeness (QED) is 0.104. The second kappa shape index (κ2) is 15.8. The van der Waals surface area contributed by atoms with E-state index in [2.05, 4.69) is 93.9 Å². The average molecular weight is 605 g/mol. The number of benzene rings is 3. The molecule has 0 amide bonds. The molecule has 0 spiro atoms. The summed E-state index contributed by atoms with van der Waals surface area (Å²) in [6.45, 7) is 11.4. The Morgan fingerprint density at radius 2 is 1.48 bits per heavy atom. The maximum absolute atomic E-state index is 15.4. The molecule has 2 atom stereocenters. The van der Waals surface area contributed by atoms with E-state index in [1.165, 1.54) is 32.1 Å². The van der Waals surface area contributed by atoms with Gasteiger partial charge in [0.2, 0.25) is 0 Å². The number of terminal acetylenes is 1. The Kier molecular flexibility index (Phi) is 11.8. The molecule has 0 radical (unpaired) electrons. The van der Waals surface area contributed by atoms with Crippen LogP contribution in [0.3, 0.4) is 0 Å². The van der Waals surface area contributed by atoms with Gasteiger partial charge in [-0.05, 0) is 85.0 Å². The minimum absolute atomic E-state index is 0.0488. The number of hydrogen-bond acceptors (Lipinski definition) is 3. The third-order valence-electron chi connectivity index (χ3n) is 8.51. The number of ether oxygens (including phenoxy) is 2. The molecule has 3 nitrogen and oxygen atoms in total. The van der Waals surface area contributed by atoms with E-state index >= 15 is 4.57 Å². The van der Waals surface area contributed by atoms with Gasteiger partial charge in [-0.25, -0.2) is 0 Å². The maximum Gasteiger partial charge on any atom is 0.148 e. The lowest BCUT2D eigenvalue weighted by atomic mass is 9.98. The predicted molar refractivity (Wildman–Crippen MR) is 187 cm³/mol. The molecule has 3 aromatic rings. The van der Waals surface area contributed by atoms with Crippen LogP contribution in [-0.2, 0) is 4.57 Å². The number of hydrogen-bond donors (Lipinski definition) is 0. The van der Waals surface area contributed by atoms with Crippen LogP contribution in [-0.4, -0.2) is 12.3 Å². The summed E-state index contributed by atoms with van der Waals surface area (Å²) in [7, 11) is -2.90. The zero-order valence-electron chi connectivity index (χ0n) is 27.0. The zero-order chi connectivity index (χ0) is 31.5. The highest BCUT2D eigenvalue weighted by atomic mass is 31.2. The van der Waals surface area contributed by atoms with Crippen LogP contribution in [0.4, 0.5) is 0 Å². The average Bonchev–Trinajstić information content (AvgIpc) is 3.27. The van der Waals surface area contributed by atoms with Gasteiger partial charge in [0.1, 0.15) is 24.7 Å². The van der Waals surface area contributed by atoms with Crippen LogP contribution in [0.1, 0.15) is 89.7 Å². The highest BCUT2D eigenvalue weighted by Crippen LogP contribution is 2.58. The van der Waals surface area contributed by atoms with Gasteiger partial charge in [0, 0.05) is 33.7 Å². The van der Waals surface area contributed by atoms with Crippen LogP contribution in [0.25, 0.3) is 22.3 Å². The summed E-state index contributed by atoms with van der Waals surface area (Å²) in [5.74, 6) is 11.4. The second-order valence-electron chi connectivity index (χ2n) is 11.9. The van der Waals surface area contributed by atoms with E-state index in [1.807, 2.05) is 19.1 Å². The Morgan fingerprint density at radius 1 is 0.773 bits per heavy atom. The van der Waals surface area contributed by atoms with Crippen molar-refractivity contribution in [2.75, 3.05) is 6.61 Å². The monoisotopic (exact) mass is 604 g/mol. The second-order valence-corrected chi connectivity index (χ2v) is 15.0. The van der Waals surface area contributed by atoms with E-state index in [-0.39, 0.29) is 5.66 Å². The Balaban J connectivity index is 1.79. The predicted octanol–water partition coefficient (Wildman–Crippen LogP) is 9.56. The molecule has 0 saturated carbocycles. The summed E-state index contributed by atoms with van der Waals surface area (Å²) < 4.78 is 27.6. The largest absolute Gasteiger partial charge is 0.493 e. The van der Waals surface area contributed by atoms with E-state index in [0.717, 1.165) is 75.4 Å². The van der Waals surface area contributed by atoms with Crippen LogP contribution in [0, 0.1) is 50.1 Å². The summed E-state index contributed by atoms with van der Waals surface area (Å²) in [4.78, 5) is 0. The van der Waals surface area contributed by atoms with Crippen molar-refractivity contribution in [3.63, 3.8) is 0 Å². The number of fused-ring (bicyclic) bond motifs is 3. The van der Waals surface area contributed by atoms with Gasteiger partial charge in [-0.1, -0.05) is 95.5 Å². The van der Waals surface area contributed by atoms with Crippen LogP contribution in [0.5, 0.6) is 11.5 Å². The molecule has 3 aromatic carbocycles. The lowest BCUT2D eigenvalue weighted by Gasteiger charge is -2.24. The van der Waals surface area contributed by atoms with Gasteiger partial charge in [0.25, 0.3) is 0 Å². The minimum Gasteiger partial charge on any atom is -0.493 e. The Bertz CT molecular complexity index is 1690. The van der Waals surface area contributed by atoms with Crippen molar-refractivity contribution in [3.8, 4) is 70.0 Å². The fraction of sp³-hybridized carbons (Fsp3) is 0.400. The van der Waals surface area contributed by atoms with Crippen molar-refractivity contribution in [2.24, 2.45) is 0 Å². The third kappa shape index (κ3) is 7.44. The summed E-state index contributed by atoms with van der Waals surface area (Å²) >= 11 is 0. The van der Waals surface area contributed by atoms with Crippen molar-refractivity contribution >= 4 is 17.8 Å². The molecule has 228 valence electrons. The van der Waals surface area contributed by atoms with Crippen molar-refractivity contribution in [1.82, 2.24) is 0 Å². The van der Waals surface area contributed by atoms with Gasteiger partial charge >= 0.3 is 0 Å². The highest BCUT2D eigenvalue weighted by Gasteiger charge is 2.42. The zero-order valence-corrected chi connectivity index (χ0v) is 27.9. The van der Waals surface area contributed by atoms with Crippen LogP contribution >= 0.6 is 7.14 Å². The van der Waals surface area contributed by atoms with Crippen molar-refractivity contribution in [1.29, 1.82) is 0 Å². The van der Waals surface area contributed by atoms with Gasteiger partial charge < -0.3 is 14.0 Å². The van der Waals surface area contributed by atoms with E-state index < -0.39 is 7.14 Å². The molecule has 0 bridgehead atoms.